The van der Waals surface area contributed by atoms with Gasteiger partial charge in [-0.1, -0.05) is 36.4 Å². The second kappa shape index (κ2) is 5.94. The van der Waals surface area contributed by atoms with Gasteiger partial charge in [-0.3, -0.25) is 0 Å². The van der Waals surface area contributed by atoms with E-state index in [-0.39, 0.29) is 0 Å². The summed E-state index contributed by atoms with van der Waals surface area (Å²) < 4.78 is 5.70. The van der Waals surface area contributed by atoms with Crippen LogP contribution in [0.2, 0.25) is 0 Å². The zero-order chi connectivity index (χ0) is 13.9. The van der Waals surface area contributed by atoms with Crippen molar-refractivity contribution in [3.63, 3.8) is 0 Å². The number of hydrogen-bond donors (Lipinski definition) is 1. The fourth-order valence-corrected chi connectivity index (χ4v) is 3.46. The molecule has 0 amide bonds. The Labute approximate surface area is 121 Å². The van der Waals surface area contributed by atoms with E-state index in [2.05, 4.69) is 55.7 Å². The first kappa shape index (κ1) is 13.6. The molecule has 1 heterocycles. The molecule has 0 aromatic heterocycles. The first-order chi connectivity index (χ1) is 9.81. The topological polar surface area (TPSA) is 21.3 Å². The van der Waals surface area contributed by atoms with Crippen LogP contribution in [0, 0.1) is 12.8 Å². The van der Waals surface area contributed by atoms with Gasteiger partial charge in [0.2, 0.25) is 0 Å². The summed E-state index contributed by atoms with van der Waals surface area (Å²) in [6.07, 6.45) is 2.42. The molecular formula is C18H23NO. The lowest BCUT2D eigenvalue weighted by Crippen LogP contribution is -2.32. The van der Waals surface area contributed by atoms with Crippen LogP contribution >= 0.6 is 0 Å². The Kier molecular flexibility index (Phi) is 4.04. The molecular weight excluding hydrogens is 246 g/mol. The van der Waals surface area contributed by atoms with Crippen molar-refractivity contribution in [2.45, 2.75) is 25.8 Å². The number of hydrogen-bond acceptors (Lipinski definition) is 2. The van der Waals surface area contributed by atoms with Crippen molar-refractivity contribution in [2.75, 3.05) is 20.3 Å². The van der Waals surface area contributed by atoms with E-state index in [1.165, 1.54) is 34.7 Å². The molecule has 0 radical (unpaired) electrons. The Hall–Kier alpha value is -1.38. The van der Waals surface area contributed by atoms with Gasteiger partial charge >= 0.3 is 0 Å². The fourth-order valence-electron chi connectivity index (χ4n) is 3.46. The van der Waals surface area contributed by atoms with E-state index in [9.17, 15) is 0 Å². The lowest BCUT2D eigenvalue weighted by Gasteiger charge is -2.32. The predicted octanol–water partition coefficient (Wildman–Crippen LogP) is 3.84. The minimum atomic E-state index is 0.376. The van der Waals surface area contributed by atoms with Gasteiger partial charge in [0.15, 0.2) is 0 Å². The summed E-state index contributed by atoms with van der Waals surface area (Å²) in [5.74, 6) is 0.568. The van der Waals surface area contributed by atoms with Gasteiger partial charge in [0.25, 0.3) is 0 Å². The molecule has 1 fully saturated rings. The fraction of sp³-hybridized carbons (Fsp3) is 0.444. The van der Waals surface area contributed by atoms with Crippen LogP contribution in [0.1, 0.15) is 30.0 Å². The van der Waals surface area contributed by atoms with Gasteiger partial charge in [-0.2, -0.15) is 0 Å². The third-order valence-corrected chi connectivity index (χ3v) is 4.48. The normalized spacial score (nSPS) is 21.0. The van der Waals surface area contributed by atoms with E-state index in [0.717, 1.165) is 13.2 Å². The molecule has 0 aliphatic carbocycles. The average molecular weight is 269 g/mol. The highest BCUT2D eigenvalue weighted by Crippen LogP contribution is 2.35. The molecule has 0 spiro atoms. The summed E-state index contributed by atoms with van der Waals surface area (Å²) in [5.41, 5.74) is 2.81. The summed E-state index contributed by atoms with van der Waals surface area (Å²) in [6, 6.07) is 13.5. The number of benzene rings is 2. The van der Waals surface area contributed by atoms with Gasteiger partial charge in [0.05, 0.1) is 6.61 Å². The second-order valence-corrected chi connectivity index (χ2v) is 5.76. The van der Waals surface area contributed by atoms with Crippen molar-refractivity contribution in [1.82, 2.24) is 5.32 Å². The molecule has 2 nitrogen and oxygen atoms in total. The van der Waals surface area contributed by atoms with Crippen LogP contribution in [0.3, 0.4) is 0 Å². The van der Waals surface area contributed by atoms with Crippen LogP contribution in [0.5, 0.6) is 0 Å². The monoisotopic (exact) mass is 269 g/mol. The molecule has 0 saturated carbocycles. The maximum Gasteiger partial charge on any atom is 0.0512 e. The summed E-state index contributed by atoms with van der Waals surface area (Å²) in [6.45, 7) is 4.01. The molecule has 2 aromatic rings. The summed E-state index contributed by atoms with van der Waals surface area (Å²) in [4.78, 5) is 0. The molecule has 106 valence electrons. The Morgan fingerprint density at radius 3 is 2.80 bits per heavy atom. The van der Waals surface area contributed by atoms with Crippen LogP contribution < -0.4 is 5.32 Å². The number of rotatable bonds is 3. The maximum absolute atomic E-state index is 5.70. The minimum Gasteiger partial charge on any atom is -0.381 e. The Morgan fingerprint density at radius 2 is 2.05 bits per heavy atom. The quantitative estimate of drug-likeness (QED) is 0.914. The van der Waals surface area contributed by atoms with Gasteiger partial charge in [-0.05, 0) is 48.7 Å². The van der Waals surface area contributed by atoms with E-state index in [1.54, 1.807) is 0 Å². The van der Waals surface area contributed by atoms with Crippen molar-refractivity contribution in [3.05, 3.63) is 47.5 Å². The highest BCUT2D eigenvalue weighted by molar-refractivity contribution is 5.87. The van der Waals surface area contributed by atoms with Crippen molar-refractivity contribution >= 4 is 10.8 Å². The molecule has 2 heteroatoms. The molecule has 1 N–H and O–H groups in total. The first-order valence-corrected chi connectivity index (χ1v) is 7.54. The van der Waals surface area contributed by atoms with E-state index in [0.29, 0.717) is 12.0 Å². The molecule has 2 aromatic carbocycles. The number of fused-ring (bicyclic) bond motifs is 1. The van der Waals surface area contributed by atoms with Crippen LogP contribution in [0.4, 0.5) is 0 Å². The van der Waals surface area contributed by atoms with Crippen molar-refractivity contribution in [3.8, 4) is 0 Å². The number of aryl methyl sites for hydroxylation is 1. The van der Waals surface area contributed by atoms with Crippen molar-refractivity contribution in [1.29, 1.82) is 0 Å². The molecule has 1 saturated heterocycles. The third kappa shape index (κ3) is 2.46. The number of ether oxygens (including phenoxy) is 1. The van der Waals surface area contributed by atoms with Gasteiger partial charge in [-0.15, -0.1) is 0 Å². The minimum absolute atomic E-state index is 0.376. The zero-order valence-electron chi connectivity index (χ0n) is 12.4. The van der Waals surface area contributed by atoms with Gasteiger partial charge in [-0.25, -0.2) is 0 Å². The largest absolute Gasteiger partial charge is 0.381 e. The molecule has 3 rings (SSSR count). The molecule has 1 aliphatic heterocycles. The van der Waals surface area contributed by atoms with Gasteiger partial charge in [0.1, 0.15) is 0 Å². The van der Waals surface area contributed by atoms with Crippen LogP contribution in [0.25, 0.3) is 10.8 Å². The summed E-state index contributed by atoms with van der Waals surface area (Å²) in [7, 11) is 2.07. The Balaban J connectivity index is 2.08. The van der Waals surface area contributed by atoms with E-state index >= 15 is 0 Å². The summed E-state index contributed by atoms with van der Waals surface area (Å²) >= 11 is 0. The third-order valence-electron chi connectivity index (χ3n) is 4.48. The van der Waals surface area contributed by atoms with Crippen molar-refractivity contribution < 1.29 is 4.74 Å². The van der Waals surface area contributed by atoms with Crippen LogP contribution in [0.15, 0.2) is 36.4 Å². The Morgan fingerprint density at radius 1 is 1.20 bits per heavy atom. The highest BCUT2D eigenvalue weighted by atomic mass is 16.5. The van der Waals surface area contributed by atoms with E-state index < -0.39 is 0 Å². The molecule has 20 heavy (non-hydrogen) atoms. The van der Waals surface area contributed by atoms with Crippen LogP contribution in [-0.2, 0) is 4.74 Å². The molecule has 1 aliphatic rings. The molecule has 2 atom stereocenters. The standard InChI is InChI=1S/C18H23NO/c1-13-9-10-14-6-3-4-8-16(14)17(13)18(19-2)15-7-5-11-20-12-15/h3-4,6,8-10,15,18-19H,5,7,11-12H2,1-2H3. The predicted molar refractivity (Wildman–Crippen MR) is 84.0 cm³/mol. The second-order valence-electron chi connectivity index (χ2n) is 5.76. The first-order valence-electron chi connectivity index (χ1n) is 7.54. The Bertz CT molecular complexity index is 587. The van der Waals surface area contributed by atoms with Gasteiger partial charge in [0, 0.05) is 18.6 Å². The summed E-state index contributed by atoms with van der Waals surface area (Å²) in [5, 5.41) is 6.24. The lowest BCUT2D eigenvalue weighted by molar-refractivity contribution is 0.0403. The van der Waals surface area contributed by atoms with Crippen LogP contribution in [-0.4, -0.2) is 20.3 Å². The van der Waals surface area contributed by atoms with E-state index in [4.69, 9.17) is 4.74 Å². The highest BCUT2D eigenvalue weighted by Gasteiger charge is 2.26. The average Bonchev–Trinajstić information content (AvgIpc) is 2.51. The van der Waals surface area contributed by atoms with Gasteiger partial charge < -0.3 is 10.1 Å². The molecule has 0 bridgehead atoms. The maximum atomic E-state index is 5.70. The zero-order valence-corrected chi connectivity index (χ0v) is 12.4. The smallest absolute Gasteiger partial charge is 0.0512 e. The SMILES string of the molecule is CNC(c1c(C)ccc2ccccc12)C1CCCOC1. The lowest BCUT2D eigenvalue weighted by atomic mass is 9.84. The van der Waals surface area contributed by atoms with Crippen molar-refractivity contribution in [2.24, 2.45) is 5.92 Å². The molecule has 2 unspecified atom stereocenters. The number of nitrogens with one attached hydrogen (secondary N) is 1. The van der Waals surface area contributed by atoms with E-state index in [1.807, 2.05) is 0 Å².